The molecule has 0 unspecified atom stereocenters. The van der Waals surface area contributed by atoms with E-state index in [0.29, 0.717) is 29.4 Å². The van der Waals surface area contributed by atoms with Crippen molar-refractivity contribution in [3.63, 3.8) is 0 Å². The third-order valence-corrected chi connectivity index (χ3v) is 3.15. The molecule has 5 nitrogen and oxygen atoms in total. The van der Waals surface area contributed by atoms with Crippen LogP contribution in [0.25, 0.3) is 6.08 Å². The smallest absolute Gasteiger partial charge is 0.203 e. The molecule has 0 aliphatic heterocycles. The highest BCUT2D eigenvalue weighted by Gasteiger charge is 2.13. The second-order valence-electron chi connectivity index (χ2n) is 4.63. The van der Waals surface area contributed by atoms with Crippen LogP contribution >= 0.6 is 0 Å². The molecule has 0 saturated heterocycles. The van der Waals surface area contributed by atoms with E-state index in [2.05, 4.69) is 11.7 Å². The standard InChI is InChI=1S/C19H23NO4/c1-6-15(10-11-20-3)16(21)9-8-14-12-17(22-4)19(23-5)18(13-14)24-7-2/h6,8-13H,3,7H2,1-2,4-5H3. The van der Waals surface area contributed by atoms with E-state index < -0.39 is 0 Å². The van der Waals surface area contributed by atoms with Crippen LogP contribution in [0.5, 0.6) is 17.2 Å². The summed E-state index contributed by atoms with van der Waals surface area (Å²) in [6.45, 7) is 7.52. The van der Waals surface area contributed by atoms with Gasteiger partial charge in [-0.3, -0.25) is 9.79 Å². The first kappa shape index (κ1) is 19.2. The Kier molecular flexibility index (Phi) is 8.05. The van der Waals surface area contributed by atoms with Crippen molar-refractivity contribution in [2.75, 3.05) is 20.8 Å². The Hall–Kier alpha value is -2.82. The Morgan fingerprint density at radius 3 is 2.46 bits per heavy atom. The molecule has 0 spiro atoms. The molecule has 24 heavy (non-hydrogen) atoms. The SMILES string of the molecule is C=NC=CC(=CC)C(=O)C=Cc1cc(OC)c(OC)c(OCC)c1. The third-order valence-electron chi connectivity index (χ3n) is 3.15. The lowest BCUT2D eigenvalue weighted by atomic mass is 10.1. The molecular formula is C19H23NO4. The fraction of sp³-hybridized carbons (Fsp3) is 0.263. The quantitative estimate of drug-likeness (QED) is 0.392. The van der Waals surface area contributed by atoms with Crippen LogP contribution in [0.3, 0.4) is 0 Å². The molecule has 0 N–H and O–H groups in total. The van der Waals surface area contributed by atoms with Gasteiger partial charge in [-0.15, -0.1) is 0 Å². The molecule has 0 amide bonds. The fourth-order valence-corrected chi connectivity index (χ4v) is 2.03. The van der Waals surface area contributed by atoms with Gasteiger partial charge in [0.25, 0.3) is 0 Å². The van der Waals surface area contributed by atoms with Gasteiger partial charge in [0.2, 0.25) is 5.75 Å². The molecule has 0 aromatic heterocycles. The highest BCUT2D eigenvalue weighted by Crippen LogP contribution is 2.38. The molecule has 0 aliphatic rings. The number of benzene rings is 1. The zero-order valence-corrected chi connectivity index (χ0v) is 14.5. The third kappa shape index (κ3) is 5.12. The van der Waals surface area contributed by atoms with Crippen molar-refractivity contribution in [2.45, 2.75) is 13.8 Å². The molecule has 5 heteroatoms. The van der Waals surface area contributed by atoms with E-state index in [4.69, 9.17) is 14.2 Å². The molecule has 0 radical (unpaired) electrons. The van der Waals surface area contributed by atoms with Crippen molar-refractivity contribution in [1.82, 2.24) is 0 Å². The minimum absolute atomic E-state index is 0.134. The first-order chi connectivity index (χ1) is 11.6. The van der Waals surface area contributed by atoms with Gasteiger partial charge < -0.3 is 14.2 Å². The van der Waals surface area contributed by atoms with Crippen molar-refractivity contribution in [1.29, 1.82) is 0 Å². The number of carbonyl (C=O) groups is 1. The first-order valence-corrected chi connectivity index (χ1v) is 7.51. The molecular weight excluding hydrogens is 306 g/mol. The van der Waals surface area contributed by atoms with Crippen LogP contribution in [0.4, 0.5) is 0 Å². The van der Waals surface area contributed by atoms with E-state index >= 15 is 0 Å². The van der Waals surface area contributed by atoms with Gasteiger partial charge in [-0.25, -0.2) is 0 Å². The Morgan fingerprint density at radius 1 is 1.21 bits per heavy atom. The van der Waals surface area contributed by atoms with Crippen LogP contribution in [0.15, 0.2) is 47.1 Å². The number of rotatable bonds is 9. The summed E-state index contributed by atoms with van der Waals surface area (Å²) in [6.07, 6.45) is 7.99. The zero-order chi connectivity index (χ0) is 17.9. The molecule has 0 atom stereocenters. The molecule has 0 fully saturated rings. The fourth-order valence-electron chi connectivity index (χ4n) is 2.03. The Bertz CT molecular complexity index is 672. The lowest BCUT2D eigenvalue weighted by Crippen LogP contribution is -1.99. The minimum atomic E-state index is -0.134. The van der Waals surface area contributed by atoms with Crippen molar-refractivity contribution in [2.24, 2.45) is 4.99 Å². The summed E-state index contributed by atoms with van der Waals surface area (Å²) in [6, 6.07) is 3.58. The van der Waals surface area contributed by atoms with E-state index in [1.807, 2.05) is 6.92 Å². The Balaban J connectivity index is 3.14. The average Bonchev–Trinajstić information content (AvgIpc) is 2.60. The normalized spacial score (nSPS) is 11.8. The Morgan fingerprint density at radius 2 is 1.92 bits per heavy atom. The van der Waals surface area contributed by atoms with Crippen LogP contribution in [0.1, 0.15) is 19.4 Å². The zero-order valence-electron chi connectivity index (χ0n) is 14.5. The van der Waals surface area contributed by atoms with Crippen LogP contribution in [-0.4, -0.2) is 33.3 Å². The maximum absolute atomic E-state index is 12.2. The Labute approximate surface area is 143 Å². The lowest BCUT2D eigenvalue weighted by molar-refractivity contribution is -0.111. The lowest BCUT2D eigenvalue weighted by Gasteiger charge is -2.14. The van der Waals surface area contributed by atoms with Gasteiger partial charge in [-0.1, -0.05) is 12.2 Å². The van der Waals surface area contributed by atoms with Crippen LogP contribution in [0.2, 0.25) is 0 Å². The van der Waals surface area contributed by atoms with Gasteiger partial charge >= 0.3 is 0 Å². The number of aliphatic imine (C=N–C) groups is 1. The van der Waals surface area contributed by atoms with Crippen molar-refractivity contribution < 1.29 is 19.0 Å². The van der Waals surface area contributed by atoms with E-state index in [-0.39, 0.29) is 5.78 Å². The van der Waals surface area contributed by atoms with Crippen LogP contribution in [0, 0.1) is 0 Å². The minimum Gasteiger partial charge on any atom is -0.493 e. The van der Waals surface area contributed by atoms with Crippen LogP contribution < -0.4 is 14.2 Å². The summed E-state index contributed by atoms with van der Waals surface area (Å²) < 4.78 is 16.2. The van der Waals surface area contributed by atoms with Gasteiger partial charge in [0.1, 0.15) is 0 Å². The van der Waals surface area contributed by atoms with Crippen LogP contribution in [-0.2, 0) is 4.79 Å². The molecule has 1 aromatic carbocycles. The molecule has 1 rings (SSSR count). The molecule has 0 bridgehead atoms. The van der Waals surface area contributed by atoms with Crippen molar-refractivity contribution >= 4 is 18.6 Å². The number of methoxy groups -OCH3 is 2. The highest BCUT2D eigenvalue weighted by atomic mass is 16.5. The van der Waals surface area contributed by atoms with Gasteiger partial charge in [-0.2, -0.15) is 0 Å². The summed E-state index contributed by atoms with van der Waals surface area (Å²) in [7, 11) is 3.11. The summed E-state index contributed by atoms with van der Waals surface area (Å²) in [5.41, 5.74) is 1.30. The van der Waals surface area contributed by atoms with E-state index in [1.165, 1.54) is 12.3 Å². The largest absolute Gasteiger partial charge is 0.493 e. The van der Waals surface area contributed by atoms with E-state index in [1.54, 1.807) is 51.5 Å². The number of ketones is 1. The maximum Gasteiger partial charge on any atom is 0.203 e. The second-order valence-corrected chi connectivity index (χ2v) is 4.63. The predicted molar refractivity (Wildman–Crippen MR) is 97.2 cm³/mol. The predicted octanol–water partition coefficient (Wildman–Crippen LogP) is 3.85. The number of nitrogens with zero attached hydrogens (tertiary/aromatic N) is 1. The number of allylic oxidation sites excluding steroid dienone is 4. The van der Waals surface area contributed by atoms with Gasteiger partial charge in [0.15, 0.2) is 17.3 Å². The van der Waals surface area contributed by atoms with Gasteiger partial charge in [-0.05, 0) is 50.4 Å². The first-order valence-electron chi connectivity index (χ1n) is 7.51. The number of hydrogen-bond donors (Lipinski definition) is 0. The molecule has 1 aromatic rings. The average molecular weight is 329 g/mol. The van der Waals surface area contributed by atoms with E-state index in [9.17, 15) is 4.79 Å². The number of carbonyl (C=O) groups excluding carboxylic acids is 1. The summed E-state index contributed by atoms with van der Waals surface area (Å²) in [5.74, 6) is 1.49. The molecule has 128 valence electrons. The summed E-state index contributed by atoms with van der Waals surface area (Å²) in [5, 5.41) is 0. The topological polar surface area (TPSA) is 57.1 Å². The highest BCUT2D eigenvalue weighted by molar-refractivity contribution is 6.08. The molecule has 0 heterocycles. The van der Waals surface area contributed by atoms with Crippen molar-refractivity contribution in [3.8, 4) is 17.2 Å². The van der Waals surface area contributed by atoms with Crippen molar-refractivity contribution in [3.05, 3.63) is 47.7 Å². The van der Waals surface area contributed by atoms with Gasteiger partial charge in [0.05, 0.1) is 20.8 Å². The summed E-state index contributed by atoms with van der Waals surface area (Å²) >= 11 is 0. The summed E-state index contributed by atoms with van der Waals surface area (Å²) in [4.78, 5) is 15.8. The van der Waals surface area contributed by atoms with E-state index in [0.717, 1.165) is 5.56 Å². The maximum atomic E-state index is 12.2. The number of hydrogen-bond acceptors (Lipinski definition) is 5. The molecule has 0 aliphatic carbocycles. The monoisotopic (exact) mass is 329 g/mol. The second kappa shape index (κ2) is 10.0. The van der Waals surface area contributed by atoms with Gasteiger partial charge in [0, 0.05) is 11.8 Å². The molecule has 0 saturated carbocycles. The number of ether oxygens (including phenoxy) is 3.